The number of hydrogen-bond acceptors (Lipinski definition) is 8. The van der Waals surface area contributed by atoms with Crippen molar-refractivity contribution in [3.63, 3.8) is 0 Å². The zero-order valence-electron chi connectivity index (χ0n) is 26.9. The molecule has 0 spiro atoms. The molecule has 0 radical (unpaired) electrons. The van der Waals surface area contributed by atoms with Crippen LogP contribution in [-0.2, 0) is 42.6 Å². The highest BCUT2D eigenvalue weighted by Crippen LogP contribution is 2.41. The largest absolute Gasteiger partial charge is 0.457 e. The molecule has 0 aliphatic carbocycles. The number of carbonyl (C=O) groups excluding carboxylic acids is 3. The zero-order valence-corrected chi connectivity index (χ0v) is 27.9. The van der Waals surface area contributed by atoms with E-state index < -0.39 is 37.3 Å². The van der Waals surface area contributed by atoms with Gasteiger partial charge in [-0.15, -0.1) is 6.58 Å². The van der Waals surface area contributed by atoms with E-state index in [2.05, 4.69) is 31.1 Å². The minimum atomic E-state index is -2.05. The standard InChI is InChI=1S/C34H41N3O7Si/c1-8-17-45(6,7)29-21-13-10-11-14-25(21)36-28-22(29)19-37-26(28)18-24-23(30(37)39)20-42-31(40)34(24,9-2)43-27(38)15-12-16-35-32(41)44-33(3,4)5/h8,10-11,13-14,18H,1,9,12,15-17,19-20H2,2-7H3,(H,35,41). The maximum Gasteiger partial charge on any atom is 0.407 e. The Morgan fingerprint density at radius 2 is 1.93 bits per heavy atom. The van der Waals surface area contributed by atoms with Gasteiger partial charge in [0, 0.05) is 18.5 Å². The molecule has 10 nitrogen and oxygen atoms in total. The van der Waals surface area contributed by atoms with Crippen LogP contribution in [0, 0.1) is 0 Å². The fraction of sp³-hybridized carbons (Fsp3) is 0.441. The molecule has 1 aromatic carbocycles. The van der Waals surface area contributed by atoms with Crippen molar-refractivity contribution in [2.75, 3.05) is 6.54 Å². The Hall–Kier alpha value is -4.25. The first kappa shape index (κ1) is 32.1. The summed E-state index contributed by atoms with van der Waals surface area (Å²) in [6.45, 7) is 15.9. The molecular weight excluding hydrogens is 590 g/mol. The predicted octanol–water partition coefficient (Wildman–Crippen LogP) is 5.04. The summed E-state index contributed by atoms with van der Waals surface area (Å²) in [5, 5.41) is 4.93. The number of benzene rings is 1. The van der Waals surface area contributed by atoms with Crippen molar-refractivity contribution in [2.45, 2.75) is 90.4 Å². The minimum absolute atomic E-state index is 0.0627. The van der Waals surface area contributed by atoms with E-state index in [4.69, 9.17) is 19.2 Å². The normalized spacial score (nSPS) is 17.2. The highest BCUT2D eigenvalue weighted by atomic mass is 28.3. The number of esters is 2. The predicted molar refractivity (Wildman–Crippen MR) is 174 cm³/mol. The molecule has 2 aliphatic rings. The van der Waals surface area contributed by atoms with Crippen LogP contribution in [-0.4, -0.2) is 47.8 Å². The third kappa shape index (κ3) is 5.93. The van der Waals surface area contributed by atoms with Crippen molar-refractivity contribution in [3.05, 3.63) is 70.0 Å². The first-order valence-corrected chi connectivity index (χ1v) is 18.6. The monoisotopic (exact) mass is 631 g/mol. The number of carbonyl (C=O) groups is 3. The van der Waals surface area contributed by atoms with Crippen LogP contribution in [0.3, 0.4) is 0 Å². The first-order chi connectivity index (χ1) is 21.2. The van der Waals surface area contributed by atoms with Gasteiger partial charge in [0.05, 0.1) is 37.1 Å². The summed E-state index contributed by atoms with van der Waals surface area (Å²) >= 11 is 0. The molecule has 11 heteroatoms. The van der Waals surface area contributed by atoms with E-state index in [1.807, 2.05) is 24.3 Å². The van der Waals surface area contributed by atoms with Crippen LogP contribution >= 0.6 is 0 Å². The van der Waals surface area contributed by atoms with Crippen LogP contribution in [0.25, 0.3) is 22.3 Å². The topological polar surface area (TPSA) is 126 Å². The summed E-state index contributed by atoms with van der Waals surface area (Å²) in [7, 11) is -2.05. The Balaban J connectivity index is 1.51. The molecule has 5 rings (SSSR count). The number of pyridine rings is 2. The Kier molecular flexibility index (Phi) is 8.52. The fourth-order valence-electron chi connectivity index (χ4n) is 6.40. The summed E-state index contributed by atoms with van der Waals surface area (Å²) in [6, 6.07) is 10.7. The summed E-state index contributed by atoms with van der Waals surface area (Å²) < 4.78 is 18.3. The second kappa shape index (κ2) is 11.9. The number of hydrogen-bond donors (Lipinski definition) is 1. The van der Waals surface area contributed by atoms with E-state index in [9.17, 15) is 19.2 Å². The molecule has 1 N–H and O–H groups in total. The summed E-state index contributed by atoms with van der Waals surface area (Å²) in [6.07, 6.45) is 1.66. The Morgan fingerprint density at radius 3 is 2.62 bits per heavy atom. The smallest absolute Gasteiger partial charge is 0.407 e. The number of aromatic nitrogens is 2. The van der Waals surface area contributed by atoms with E-state index in [-0.39, 0.29) is 38.0 Å². The van der Waals surface area contributed by atoms with Crippen molar-refractivity contribution in [1.82, 2.24) is 14.9 Å². The van der Waals surface area contributed by atoms with Gasteiger partial charge in [0.15, 0.2) is 0 Å². The molecule has 238 valence electrons. The Bertz CT molecular complexity index is 1770. The van der Waals surface area contributed by atoms with Gasteiger partial charge in [-0.2, -0.15) is 0 Å². The van der Waals surface area contributed by atoms with Gasteiger partial charge in [-0.25, -0.2) is 14.6 Å². The van der Waals surface area contributed by atoms with E-state index in [1.54, 1.807) is 38.3 Å². The number of rotatable bonds is 9. The average Bonchev–Trinajstić information content (AvgIpc) is 3.32. The third-order valence-electron chi connectivity index (χ3n) is 8.41. The van der Waals surface area contributed by atoms with Gasteiger partial charge in [-0.3, -0.25) is 9.59 Å². The van der Waals surface area contributed by atoms with Crippen LogP contribution in [0.2, 0.25) is 19.1 Å². The highest BCUT2D eigenvalue weighted by Gasteiger charge is 2.50. The van der Waals surface area contributed by atoms with Gasteiger partial charge in [0.1, 0.15) is 12.2 Å². The fourth-order valence-corrected chi connectivity index (χ4v) is 9.28. The number of nitrogens with zero attached hydrogens (tertiary/aromatic N) is 2. The van der Waals surface area contributed by atoms with E-state index in [1.165, 1.54) is 5.19 Å². The molecule has 4 heterocycles. The lowest BCUT2D eigenvalue weighted by atomic mass is 9.85. The number of fused-ring (bicyclic) bond motifs is 5. The molecule has 45 heavy (non-hydrogen) atoms. The number of cyclic esters (lactones) is 1. The minimum Gasteiger partial charge on any atom is -0.457 e. The number of ether oxygens (including phenoxy) is 3. The quantitative estimate of drug-likeness (QED) is 0.0896. The average molecular weight is 632 g/mol. The molecule has 0 saturated heterocycles. The summed E-state index contributed by atoms with van der Waals surface area (Å²) in [4.78, 5) is 57.5. The third-order valence-corrected chi connectivity index (χ3v) is 11.6. The van der Waals surface area contributed by atoms with Gasteiger partial charge in [0.2, 0.25) is 5.60 Å². The van der Waals surface area contributed by atoms with Gasteiger partial charge < -0.3 is 24.1 Å². The van der Waals surface area contributed by atoms with Crippen LogP contribution in [0.15, 0.2) is 47.8 Å². The van der Waals surface area contributed by atoms with Gasteiger partial charge >= 0.3 is 18.0 Å². The van der Waals surface area contributed by atoms with Crippen LogP contribution in [0.5, 0.6) is 0 Å². The highest BCUT2D eigenvalue weighted by molar-refractivity contribution is 6.92. The molecule has 0 saturated carbocycles. The van der Waals surface area contributed by atoms with Crippen LogP contribution in [0.4, 0.5) is 4.79 Å². The molecule has 2 aliphatic heterocycles. The number of amides is 1. The molecule has 0 fully saturated rings. The second-order valence-corrected chi connectivity index (χ2v) is 18.0. The zero-order chi connectivity index (χ0) is 32.7. The van der Waals surface area contributed by atoms with Gasteiger partial charge in [-0.05, 0) is 67.9 Å². The lowest BCUT2D eigenvalue weighted by Crippen LogP contribution is -2.47. The molecular formula is C34H41N3O7Si. The van der Waals surface area contributed by atoms with E-state index in [0.29, 0.717) is 29.1 Å². The maximum absolute atomic E-state index is 14.1. The van der Waals surface area contributed by atoms with E-state index >= 15 is 0 Å². The molecule has 2 aromatic heterocycles. The molecule has 1 atom stereocenters. The van der Waals surface area contributed by atoms with Crippen LogP contribution < -0.4 is 16.1 Å². The van der Waals surface area contributed by atoms with Crippen molar-refractivity contribution in [3.8, 4) is 11.4 Å². The van der Waals surface area contributed by atoms with E-state index in [0.717, 1.165) is 22.5 Å². The number of nitrogens with one attached hydrogen (secondary N) is 1. The van der Waals surface area contributed by atoms with Crippen LogP contribution in [0.1, 0.15) is 63.6 Å². The lowest BCUT2D eigenvalue weighted by molar-refractivity contribution is -0.189. The summed E-state index contributed by atoms with van der Waals surface area (Å²) in [5.74, 6) is -1.36. The number of para-hydroxylation sites is 1. The Labute approximate surface area is 263 Å². The van der Waals surface area contributed by atoms with Crippen molar-refractivity contribution in [2.24, 2.45) is 0 Å². The summed E-state index contributed by atoms with van der Waals surface area (Å²) in [5.41, 5.74) is 1.06. The molecule has 1 unspecified atom stereocenters. The van der Waals surface area contributed by atoms with Gasteiger partial charge in [-0.1, -0.05) is 44.3 Å². The molecule has 3 aromatic rings. The number of allylic oxidation sites excluding steroid dienone is 1. The first-order valence-electron chi connectivity index (χ1n) is 15.4. The van der Waals surface area contributed by atoms with Crippen molar-refractivity contribution < 1.29 is 28.6 Å². The molecule has 0 bridgehead atoms. The maximum atomic E-state index is 14.1. The second-order valence-electron chi connectivity index (χ2n) is 13.3. The van der Waals surface area contributed by atoms with Crippen molar-refractivity contribution >= 4 is 42.2 Å². The number of alkyl carbamates (subject to hydrolysis) is 1. The van der Waals surface area contributed by atoms with Crippen molar-refractivity contribution in [1.29, 1.82) is 0 Å². The van der Waals surface area contributed by atoms with Gasteiger partial charge in [0.25, 0.3) is 5.56 Å². The Morgan fingerprint density at radius 1 is 1.20 bits per heavy atom. The lowest BCUT2D eigenvalue weighted by Gasteiger charge is -2.35. The SMILES string of the molecule is C=CC[Si](C)(C)c1c2c(nc3ccccc13)-c1cc3c(c(=O)n1C2)COC(=O)C3(CC)OC(=O)CCCNC(=O)OC(C)(C)C. The molecule has 1 amide bonds.